The third-order valence-corrected chi connectivity index (χ3v) is 8.47. The Kier molecular flexibility index (Phi) is 13.2. The summed E-state index contributed by atoms with van der Waals surface area (Å²) in [6.45, 7) is 4.61. The smallest absolute Gasteiger partial charge is 0.323 e. The average Bonchev–Trinajstić information content (AvgIpc) is 3.10. The van der Waals surface area contributed by atoms with Crippen molar-refractivity contribution in [1.29, 1.82) is 0 Å². The van der Waals surface area contributed by atoms with E-state index in [0.29, 0.717) is 51.3 Å². The molecule has 4 aromatic rings. The summed E-state index contributed by atoms with van der Waals surface area (Å²) in [6, 6.07) is 17.0. The van der Waals surface area contributed by atoms with Crippen LogP contribution in [-0.4, -0.2) is 61.4 Å². The number of hydrogen-bond donors (Lipinski definition) is 6. The predicted octanol–water partition coefficient (Wildman–Crippen LogP) is 7.50. The highest BCUT2D eigenvalue weighted by molar-refractivity contribution is 9.10. The van der Waals surface area contributed by atoms with Crippen LogP contribution < -0.4 is 31.9 Å². The van der Waals surface area contributed by atoms with Gasteiger partial charge in [-0.1, -0.05) is 46.9 Å². The molecule has 2 aromatic carbocycles. The van der Waals surface area contributed by atoms with Crippen molar-refractivity contribution in [1.82, 2.24) is 20.6 Å². The molecule has 0 bridgehead atoms. The number of rotatable bonds is 6. The predicted molar refractivity (Wildman–Crippen MR) is 192 cm³/mol. The second kappa shape index (κ2) is 17.7. The molecule has 6 N–H and O–H groups in total. The lowest BCUT2D eigenvalue weighted by Crippen LogP contribution is -2.33. The molecular weight excluding hydrogens is 747 g/mol. The average molecular weight is 779 g/mol. The van der Waals surface area contributed by atoms with Crippen molar-refractivity contribution >= 4 is 85.5 Å². The molecule has 2 aromatic heterocycles. The summed E-state index contributed by atoms with van der Waals surface area (Å²) in [5.41, 5.74) is 4.31. The number of hydrogen-bond acceptors (Lipinski definition) is 8. The number of aromatic nitrogens is 2. The van der Waals surface area contributed by atoms with Gasteiger partial charge in [0.1, 0.15) is 10.3 Å². The molecule has 0 spiro atoms. The molecule has 4 heterocycles. The first-order valence-corrected chi connectivity index (χ1v) is 16.8. The molecule has 6 rings (SSSR count). The summed E-state index contributed by atoms with van der Waals surface area (Å²) in [5, 5.41) is 18.6. The molecule has 2 saturated heterocycles. The van der Waals surface area contributed by atoms with Crippen molar-refractivity contribution in [2.45, 2.75) is 12.2 Å². The third kappa shape index (κ3) is 10.7. The second-order valence-corrected chi connectivity index (χ2v) is 12.5. The first-order chi connectivity index (χ1) is 23.2. The van der Waals surface area contributed by atoms with Gasteiger partial charge in [0.25, 0.3) is 0 Å². The molecule has 252 valence electrons. The lowest BCUT2D eigenvalue weighted by atomic mass is 10.1. The summed E-state index contributed by atoms with van der Waals surface area (Å²) >= 11 is 21.2. The quantitative estimate of drug-likeness (QED) is 0.110. The normalized spacial score (nSPS) is 17.3. The van der Waals surface area contributed by atoms with Gasteiger partial charge in [-0.15, -0.1) is 0 Å². The zero-order valence-corrected chi connectivity index (χ0v) is 29.2. The number of halogens is 4. The van der Waals surface area contributed by atoms with Crippen LogP contribution >= 0.6 is 50.7 Å². The van der Waals surface area contributed by atoms with E-state index in [0.717, 1.165) is 41.8 Å². The molecule has 4 amide bonds. The van der Waals surface area contributed by atoms with Gasteiger partial charge in [0.15, 0.2) is 0 Å². The zero-order chi connectivity index (χ0) is 33.9. The fourth-order valence-corrected chi connectivity index (χ4v) is 5.65. The number of amides is 4. The number of nitrogens with one attached hydrogen (secondary N) is 6. The summed E-state index contributed by atoms with van der Waals surface area (Å²) in [4.78, 5) is 31.9. The molecule has 2 aliphatic rings. The number of anilines is 4. The molecule has 0 aliphatic carbocycles. The first kappa shape index (κ1) is 35.8. The van der Waals surface area contributed by atoms with Crippen LogP contribution in [0.1, 0.15) is 23.3 Å². The zero-order valence-electron chi connectivity index (χ0n) is 25.4. The molecule has 0 saturated carbocycles. The first-order valence-electron chi connectivity index (χ1n) is 14.9. The molecule has 16 heteroatoms. The SMILES string of the molecule is O=C(Nc1ccc(Cl)nc1)Nc1ccc(C2CNCCO2)cc1Br.O=C(Nc1ccc(Cl)nc1)Nc1ccc([C@@H]2CNCCO2)cc1Cl. The molecule has 1 unspecified atom stereocenters. The minimum absolute atomic E-state index is 0.0260. The summed E-state index contributed by atoms with van der Waals surface area (Å²) in [7, 11) is 0. The third-order valence-electron chi connectivity index (χ3n) is 7.05. The Bertz CT molecular complexity index is 1570. The maximum absolute atomic E-state index is 12.1. The van der Waals surface area contributed by atoms with Crippen LogP contribution in [0.2, 0.25) is 15.3 Å². The van der Waals surface area contributed by atoms with Crippen molar-refractivity contribution in [3.63, 3.8) is 0 Å². The molecule has 2 aliphatic heterocycles. The van der Waals surface area contributed by atoms with E-state index in [1.807, 2.05) is 24.3 Å². The van der Waals surface area contributed by atoms with Crippen LogP contribution in [0.3, 0.4) is 0 Å². The summed E-state index contributed by atoms with van der Waals surface area (Å²) in [6.07, 6.45) is 2.96. The second-order valence-electron chi connectivity index (χ2n) is 10.5. The molecule has 48 heavy (non-hydrogen) atoms. The van der Waals surface area contributed by atoms with E-state index < -0.39 is 6.03 Å². The maximum Gasteiger partial charge on any atom is 0.323 e. The van der Waals surface area contributed by atoms with Crippen molar-refractivity contribution in [3.8, 4) is 0 Å². The number of pyridine rings is 2. The number of benzene rings is 2. The van der Waals surface area contributed by atoms with Gasteiger partial charge in [0.05, 0.1) is 65.6 Å². The van der Waals surface area contributed by atoms with Gasteiger partial charge in [-0.05, 0) is 75.6 Å². The minimum atomic E-state index is -0.413. The van der Waals surface area contributed by atoms with Crippen molar-refractivity contribution in [2.24, 2.45) is 0 Å². The number of urea groups is 2. The van der Waals surface area contributed by atoms with E-state index in [-0.39, 0.29) is 18.2 Å². The standard InChI is InChI=1S/C16H16BrClN4O2.C16H16Cl2N4O2/c2*17-12-7-10(14-9-19-5-6-24-14)1-3-13(12)22-16(23)21-11-2-4-15(18)20-8-11/h2*1-4,7-8,14,19H,5-6,9H2,(H2,21,22,23)/t;14-/m.0/s1. The Labute approximate surface area is 300 Å². The van der Waals surface area contributed by atoms with E-state index in [2.05, 4.69) is 57.8 Å². The van der Waals surface area contributed by atoms with Crippen molar-refractivity contribution < 1.29 is 19.1 Å². The van der Waals surface area contributed by atoms with Gasteiger partial charge >= 0.3 is 12.1 Å². The van der Waals surface area contributed by atoms with Crippen LogP contribution in [0.4, 0.5) is 32.3 Å². The Morgan fingerprint density at radius 2 is 1.19 bits per heavy atom. The van der Waals surface area contributed by atoms with Crippen LogP contribution in [0.15, 0.2) is 77.5 Å². The van der Waals surface area contributed by atoms with Crippen LogP contribution in [-0.2, 0) is 9.47 Å². The largest absolute Gasteiger partial charge is 0.371 e. The van der Waals surface area contributed by atoms with Gasteiger partial charge in [0, 0.05) is 30.7 Å². The number of morpholine rings is 2. The Morgan fingerprint density at radius 1 is 0.688 bits per heavy atom. The summed E-state index contributed by atoms with van der Waals surface area (Å²) < 4.78 is 12.2. The molecular formula is C32H32BrCl3N8O4. The highest BCUT2D eigenvalue weighted by atomic mass is 79.9. The van der Waals surface area contributed by atoms with Gasteiger partial charge in [-0.2, -0.15) is 0 Å². The van der Waals surface area contributed by atoms with Crippen molar-refractivity contribution in [2.75, 3.05) is 60.7 Å². The number of carbonyl (C=O) groups is 2. The van der Waals surface area contributed by atoms with Crippen LogP contribution in [0, 0.1) is 0 Å². The Hall–Kier alpha value is -3.53. The van der Waals surface area contributed by atoms with Gasteiger partial charge < -0.3 is 41.4 Å². The number of nitrogens with zero attached hydrogens (tertiary/aromatic N) is 2. The van der Waals surface area contributed by atoms with E-state index in [1.165, 1.54) is 12.4 Å². The lowest BCUT2D eigenvalue weighted by Gasteiger charge is -2.24. The Balaban J connectivity index is 0.000000188. The van der Waals surface area contributed by atoms with Crippen LogP contribution in [0.25, 0.3) is 0 Å². The fraction of sp³-hybridized carbons (Fsp3) is 0.250. The van der Waals surface area contributed by atoms with E-state index in [4.69, 9.17) is 44.3 Å². The van der Waals surface area contributed by atoms with E-state index in [1.54, 1.807) is 36.4 Å². The maximum atomic E-state index is 12.1. The van der Waals surface area contributed by atoms with Gasteiger partial charge in [0.2, 0.25) is 0 Å². The fourth-order valence-electron chi connectivity index (χ4n) is 4.69. The van der Waals surface area contributed by atoms with Gasteiger partial charge in [-0.3, -0.25) is 0 Å². The molecule has 2 fully saturated rings. The topological polar surface area (TPSA) is 151 Å². The molecule has 12 nitrogen and oxygen atoms in total. The Morgan fingerprint density at radius 3 is 1.62 bits per heavy atom. The highest BCUT2D eigenvalue weighted by Gasteiger charge is 2.18. The van der Waals surface area contributed by atoms with Gasteiger partial charge in [-0.25, -0.2) is 19.6 Å². The highest BCUT2D eigenvalue weighted by Crippen LogP contribution is 2.30. The van der Waals surface area contributed by atoms with Crippen LogP contribution in [0.5, 0.6) is 0 Å². The van der Waals surface area contributed by atoms with E-state index in [9.17, 15) is 9.59 Å². The summed E-state index contributed by atoms with van der Waals surface area (Å²) in [5.74, 6) is 0. The molecule has 2 atom stereocenters. The monoisotopic (exact) mass is 776 g/mol. The van der Waals surface area contributed by atoms with Crippen molar-refractivity contribution in [3.05, 3.63) is 104 Å². The minimum Gasteiger partial charge on any atom is -0.371 e. The molecule has 0 radical (unpaired) electrons. The lowest BCUT2D eigenvalue weighted by molar-refractivity contribution is 0.0276. The van der Waals surface area contributed by atoms with E-state index >= 15 is 0 Å². The number of carbonyl (C=O) groups excluding carboxylic acids is 2. The number of ether oxygens (including phenoxy) is 2.